The lowest BCUT2D eigenvalue weighted by molar-refractivity contribution is -0.127. The first-order valence-corrected chi connectivity index (χ1v) is 8.42. The van der Waals surface area contributed by atoms with E-state index in [0.29, 0.717) is 10.0 Å². The van der Waals surface area contributed by atoms with Crippen molar-refractivity contribution in [1.29, 1.82) is 0 Å². The SMILES string of the molecule is CC(C)(C)C1CN(C(=O)O)CC(c2ccc(Cl)c(Cl)c2)C(C=O)O1. The van der Waals surface area contributed by atoms with Crippen LogP contribution in [0.4, 0.5) is 4.79 Å². The second-order valence-electron chi connectivity index (χ2n) is 7.06. The Labute approximate surface area is 151 Å². The average molecular weight is 374 g/mol. The number of amides is 1. The number of ether oxygens (including phenoxy) is 1. The molecule has 2 rings (SSSR count). The van der Waals surface area contributed by atoms with Gasteiger partial charge in [-0.3, -0.25) is 0 Å². The van der Waals surface area contributed by atoms with Crippen LogP contribution >= 0.6 is 23.2 Å². The molecule has 1 aliphatic heterocycles. The Balaban J connectivity index is 2.42. The number of hydrogen-bond acceptors (Lipinski definition) is 3. The van der Waals surface area contributed by atoms with E-state index in [4.69, 9.17) is 27.9 Å². The first-order valence-electron chi connectivity index (χ1n) is 7.67. The van der Waals surface area contributed by atoms with Crippen LogP contribution in [0.25, 0.3) is 0 Å². The Morgan fingerprint density at radius 2 is 1.96 bits per heavy atom. The van der Waals surface area contributed by atoms with E-state index in [2.05, 4.69) is 0 Å². The van der Waals surface area contributed by atoms with Crippen molar-refractivity contribution in [3.05, 3.63) is 33.8 Å². The molecule has 0 aromatic heterocycles. The van der Waals surface area contributed by atoms with Gasteiger partial charge in [0.05, 0.1) is 22.7 Å². The molecule has 5 nitrogen and oxygen atoms in total. The van der Waals surface area contributed by atoms with Gasteiger partial charge in [-0.2, -0.15) is 0 Å². The average Bonchev–Trinajstić information content (AvgIpc) is 2.69. The van der Waals surface area contributed by atoms with Crippen LogP contribution in [0, 0.1) is 5.41 Å². The number of rotatable bonds is 2. The molecule has 1 saturated heterocycles. The van der Waals surface area contributed by atoms with E-state index in [1.165, 1.54) is 4.90 Å². The Hall–Kier alpha value is -1.30. The van der Waals surface area contributed by atoms with Crippen LogP contribution < -0.4 is 0 Å². The largest absolute Gasteiger partial charge is 0.465 e. The van der Waals surface area contributed by atoms with Gasteiger partial charge in [-0.15, -0.1) is 0 Å². The van der Waals surface area contributed by atoms with E-state index in [1.807, 2.05) is 20.8 Å². The van der Waals surface area contributed by atoms with Gasteiger partial charge in [-0.1, -0.05) is 50.0 Å². The van der Waals surface area contributed by atoms with Crippen molar-refractivity contribution in [2.24, 2.45) is 5.41 Å². The summed E-state index contributed by atoms with van der Waals surface area (Å²) in [5, 5.41) is 10.3. The standard InChI is InChI=1S/C17H21Cl2NO4/c1-17(2,3)15-8-20(16(22)23)7-11(14(9-21)24-15)10-4-5-12(18)13(19)6-10/h4-6,9,11,14-15H,7-8H2,1-3H3,(H,22,23). The van der Waals surface area contributed by atoms with Crippen molar-refractivity contribution < 1.29 is 19.4 Å². The van der Waals surface area contributed by atoms with Gasteiger partial charge in [-0.25, -0.2) is 4.79 Å². The highest BCUT2D eigenvalue weighted by atomic mass is 35.5. The highest BCUT2D eigenvalue weighted by Gasteiger charge is 2.39. The van der Waals surface area contributed by atoms with Gasteiger partial charge >= 0.3 is 6.09 Å². The minimum atomic E-state index is -1.04. The maximum absolute atomic E-state index is 11.6. The lowest BCUT2D eigenvalue weighted by Gasteiger charge is -2.32. The highest BCUT2D eigenvalue weighted by Crippen LogP contribution is 2.34. The van der Waals surface area contributed by atoms with E-state index >= 15 is 0 Å². The van der Waals surface area contributed by atoms with E-state index in [9.17, 15) is 14.7 Å². The number of hydrogen-bond donors (Lipinski definition) is 1. The van der Waals surface area contributed by atoms with E-state index in [1.54, 1.807) is 18.2 Å². The monoisotopic (exact) mass is 373 g/mol. The molecule has 0 bridgehead atoms. The van der Waals surface area contributed by atoms with Crippen molar-refractivity contribution in [3.63, 3.8) is 0 Å². The van der Waals surface area contributed by atoms with Gasteiger partial charge < -0.3 is 19.5 Å². The smallest absolute Gasteiger partial charge is 0.407 e. The van der Waals surface area contributed by atoms with Crippen LogP contribution in [-0.4, -0.2) is 47.7 Å². The van der Waals surface area contributed by atoms with Crippen molar-refractivity contribution in [2.75, 3.05) is 13.1 Å². The van der Waals surface area contributed by atoms with E-state index in [0.717, 1.165) is 11.8 Å². The van der Waals surface area contributed by atoms with Crippen molar-refractivity contribution in [3.8, 4) is 0 Å². The van der Waals surface area contributed by atoms with E-state index in [-0.39, 0.29) is 18.5 Å². The molecule has 1 aromatic carbocycles. The summed E-state index contributed by atoms with van der Waals surface area (Å²) < 4.78 is 5.99. The van der Waals surface area contributed by atoms with Crippen LogP contribution in [0.15, 0.2) is 18.2 Å². The topological polar surface area (TPSA) is 66.8 Å². The minimum Gasteiger partial charge on any atom is -0.465 e. The third-order valence-electron chi connectivity index (χ3n) is 4.26. The summed E-state index contributed by atoms with van der Waals surface area (Å²) in [7, 11) is 0. The maximum Gasteiger partial charge on any atom is 0.407 e. The summed E-state index contributed by atoms with van der Waals surface area (Å²) in [6.07, 6.45) is -1.45. The Morgan fingerprint density at radius 3 is 2.46 bits per heavy atom. The Bertz CT molecular complexity index is 630. The van der Waals surface area contributed by atoms with Crippen molar-refractivity contribution >= 4 is 35.6 Å². The van der Waals surface area contributed by atoms with Gasteiger partial charge in [0.2, 0.25) is 0 Å². The first-order chi connectivity index (χ1) is 11.1. The number of carboxylic acid groups (broad SMARTS) is 1. The van der Waals surface area contributed by atoms with Gasteiger partial charge in [0.1, 0.15) is 12.4 Å². The predicted octanol–water partition coefficient (Wildman–Crippen LogP) is 4.07. The zero-order valence-corrected chi connectivity index (χ0v) is 15.3. The lowest BCUT2D eigenvalue weighted by Crippen LogP contribution is -2.42. The Morgan fingerprint density at radius 1 is 1.29 bits per heavy atom. The minimum absolute atomic E-state index is 0.156. The second kappa shape index (κ2) is 7.30. The summed E-state index contributed by atoms with van der Waals surface area (Å²) in [5.74, 6) is -0.444. The summed E-state index contributed by atoms with van der Waals surface area (Å²) in [6, 6.07) is 5.04. The molecule has 24 heavy (non-hydrogen) atoms. The summed E-state index contributed by atoms with van der Waals surface area (Å²) in [4.78, 5) is 24.6. The molecule has 0 saturated carbocycles. The lowest BCUT2D eigenvalue weighted by atomic mass is 9.88. The summed E-state index contributed by atoms with van der Waals surface area (Å²) in [5.41, 5.74) is 0.420. The van der Waals surface area contributed by atoms with Crippen molar-refractivity contribution in [2.45, 2.75) is 38.9 Å². The molecule has 0 spiro atoms. The molecule has 0 radical (unpaired) electrons. The summed E-state index contributed by atoms with van der Waals surface area (Å²) in [6.45, 7) is 6.24. The number of benzene rings is 1. The van der Waals surface area contributed by atoms with Gasteiger partial charge in [0.15, 0.2) is 0 Å². The first kappa shape index (κ1) is 19.0. The third kappa shape index (κ3) is 4.21. The number of halogens is 2. The van der Waals surface area contributed by atoms with Gasteiger partial charge in [0, 0.05) is 12.5 Å². The molecule has 1 amide bonds. The number of carbonyl (C=O) groups excluding carboxylic acids is 1. The number of carbonyl (C=O) groups is 2. The quantitative estimate of drug-likeness (QED) is 0.793. The molecule has 1 aliphatic rings. The van der Waals surface area contributed by atoms with Crippen LogP contribution in [0.5, 0.6) is 0 Å². The molecule has 3 unspecified atom stereocenters. The predicted molar refractivity (Wildman–Crippen MR) is 93.0 cm³/mol. The van der Waals surface area contributed by atoms with Gasteiger partial charge in [-0.05, 0) is 23.1 Å². The van der Waals surface area contributed by atoms with E-state index < -0.39 is 24.2 Å². The second-order valence-corrected chi connectivity index (χ2v) is 7.87. The van der Waals surface area contributed by atoms with Crippen molar-refractivity contribution in [1.82, 2.24) is 4.90 Å². The van der Waals surface area contributed by atoms with Gasteiger partial charge in [0.25, 0.3) is 0 Å². The third-order valence-corrected chi connectivity index (χ3v) is 5.00. The summed E-state index contributed by atoms with van der Waals surface area (Å²) >= 11 is 12.0. The molecular formula is C17H21Cl2NO4. The fourth-order valence-electron chi connectivity index (χ4n) is 2.74. The molecule has 132 valence electrons. The zero-order chi connectivity index (χ0) is 18.1. The fraction of sp³-hybridized carbons (Fsp3) is 0.529. The zero-order valence-electron chi connectivity index (χ0n) is 13.8. The van der Waals surface area contributed by atoms with Crippen LogP contribution in [0.2, 0.25) is 10.0 Å². The Kier molecular flexibility index (Phi) is 5.78. The van der Waals surface area contributed by atoms with Crippen LogP contribution in [0.1, 0.15) is 32.3 Å². The normalized spacial score (nSPS) is 25.2. The highest BCUT2D eigenvalue weighted by molar-refractivity contribution is 6.42. The molecule has 1 fully saturated rings. The molecule has 1 aromatic rings. The molecule has 7 heteroatoms. The number of aldehydes is 1. The molecule has 3 atom stereocenters. The van der Waals surface area contributed by atoms with Crippen LogP contribution in [0.3, 0.4) is 0 Å². The molecule has 1 heterocycles. The van der Waals surface area contributed by atoms with Crippen LogP contribution in [-0.2, 0) is 9.53 Å². The number of nitrogens with zero attached hydrogens (tertiary/aromatic N) is 1. The maximum atomic E-state index is 11.6. The molecular weight excluding hydrogens is 353 g/mol. The molecule has 0 aliphatic carbocycles. The molecule has 1 N–H and O–H groups in total. The fourth-order valence-corrected chi connectivity index (χ4v) is 3.05.